The first-order chi connectivity index (χ1) is 10.7. The fourth-order valence-electron chi connectivity index (χ4n) is 5.43. The summed E-state index contributed by atoms with van der Waals surface area (Å²) in [5, 5.41) is 9.10. The van der Waals surface area contributed by atoms with Crippen LogP contribution in [0.3, 0.4) is 0 Å². The van der Waals surface area contributed by atoms with E-state index in [4.69, 9.17) is 10.00 Å². The highest BCUT2D eigenvalue weighted by atomic mass is 16.5. The fraction of sp³-hybridized carbons (Fsp3) is 0.579. The molecule has 4 saturated carbocycles. The van der Waals surface area contributed by atoms with E-state index in [0.717, 1.165) is 37.0 Å². The molecule has 3 nitrogen and oxygen atoms in total. The Morgan fingerprint density at radius 3 is 2.32 bits per heavy atom. The zero-order chi connectivity index (χ0) is 15.2. The maximum atomic E-state index is 12.9. The Morgan fingerprint density at radius 2 is 1.73 bits per heavy atom. The second-order valence-corrected chi connectivity index (χ2v) is 7.52. The van der Waals surface area contributed by atoms with Crippen LogP contribution in [0.1, 0.15) is 44.1 Å². The van der Waals surface area contributed by atoms with Gasteiger partial charge in [0.1, 0.15) is 18.4 Å². The van der Waals surface area contributed by atoms with Crippen molar-refractivity contribution in [3.05, 3.63) is 29.8 Å². The van der Waals surface area contributed by atoms with Crippen molar-refractivity contribution in [3.63, 3.8) is 0 Å². The van der Waals surface area contributed by atoms with Gasteiger partial charge in [0, 0.05) is 5.41 Å². The minimum absolute atomic E-state index is 0.115. The molecule has 4 aliphatic carbocycles. The van der Waals surface area contributed by atoms with E-state index in [2.05, 4.69) is 6.07 Å². The van der Waals surface area contributed by atoms with Gasteiger partial charge in [-0.3, -0.25) is 4.79 Å². The van der Waals surface area contributed by atoms with Crippen LogP contribution in [-0.2, 0) is 4.79 Å². The van der Waals surface area contributed by atoms with Crippen molar-refractivity contribution in [1.29, 1.82) is 5.26 Å². The lowest BCUT2D eigenvalue weighted by Gasteiger charge is -2.55. The number of ether oxygens (including phenoxy) is 1. The van der Waals surface area contributed by atoms with Crippen LogP contribution in [0.2, 0.25) is 0 Å². The van der Waals surface area contributed by atoms with E-state index in [0.29, 0.717) is 11.3 Å². The highest BCUT2D eigenvalue weighted by molar-refractivity contribution is 5.86. The molecule has 1 aromatic carbocycles. The molecule has 0 amide bonds. The topological polar surface area (TPSA) is 50.1 Å². The summed E-state index contributed by atoms with van der Waals surface area (Å²) in [6, 6.07) is 9.26. The number of rotatable bonds is 4. The summed E-state index contributed by atoms with van der Waals surface area (Å²) >= 11 is 0. The van der Waals surface area contributed by atoms with Crippen LogP contribution < -0.4 is 4.74 Å². The van der Waals surface area contributed by atoms with E-state index in [-0.39, 0.29) is 17.8 Å². The molecule has 1 aromatic rings. The minimum Gasteiger partial charge on any atom is -0.484 e. The molecule has 4 aliphatic rings. The van der Waals surface area contributed by atoms with Crippen LogP contribution in [0.4, 0.5) is 0 Å². The van der Waals surface area contributed by atoms with E-state index in [1.165, 1.54) is 19.3 Å². The van der Waals surface area contributed by atoms with Crippen LogP contribution in [-0.4, -0.2) is 12.4 Å². The third-order valence-corrected chi connectivity index (χ3v) is 6.00. The van der Waals surface area contributed by atoms with Gasteiger partial charge in [0.15, 0.2) is 5.78 Å². The molecule has 5 rings (SSSR count). The average Bonchev–Trinajstić information content (AvgIpc) is 2.51. The van der Waals surface area contributed by atoms with Gasteiger partial charge in [0.25, 0.3) is 0 Å². The Kier molecular flexibility index (Phi) is 3.22. The lowest BCUT2D eigenvalue weighted by Crippen LogP contribution is -2.51. The zero-order valence-corrected chi connectivity index (χ0v) is 12.8. The molecule has 0 unspecified atom stereocenters. The SMILES string of the molecule is N#Cc1ccccc1OCC(=O)C12CC3CC(CC(C3)C1)C2. The maximum absolute atomic E-state index is 12.9. The van der Waals surface area contributed by atoms with Crippen LogP contribution in [0.5, 0.6) is 5.75 Å². The summed E-state index contributed by atoms with van der Waals surface area (Å²) in [4.78, 5) is 12.9. The third-order valence-electron chi connectivity index (χ3n) is 6.00. The van der Waals surface area contributed by atoms with E-state index in [9.17, 15) is 4.79 Å². The predicted molar refractivity (Wildman–Crippen MR) is 82.3 cm³/mol. The second kappa shape index (κ2) is 5.12. The van der Waals surface area contributed by atoms with Crippen molar-refractivity contribution < 1.29 is 9.53 Å². The van der Waals surface area contributed by atoms with Gasteiger partial charge in [0.2, 0.25) is 0 Å². The fourth-order valence-corrected chi connectivity index (χ4v) is 5.43. The molecule has 0 radical (unpaired) electrons. The number of benzene rings is 1. The maximum Gasteiger partial charge on any atom is 0.176 e. The quantitative estimate of drug-likeness (QED) is 0.850. The number of hydrogen-bond acceptors (Lipinski definition) is 3. The molecule has 0 atom stereocenters. The molecule has 4 bridgehead atoms. The van der Waals surface area contributed by atoms with Gasteiger partial charge in [-0.25, -0.2) is 0 Å². The minimum atomic E-state index is -0.115. The molecule has 0 heterocycles. The number of para-hydroxylation sites is 1. The Bertz CT molecular complexity index is 608. The zero-order valence-electron chi connectivity index (χ0n) is 12.8. The van der Waals surface area contributed by atoms with E-state index in [1.54, 1.807) is 12.1 Å². The summed E-state index contributed by atoms with van der Waals surface area (Å²) in [7, 11) is 0. The molecular formula is C19H21NO2. The van der Waals surface area contributed by atoms with E-state index < -0.39 is 0 Å². The summed E-state index contributed by atoms with van der Waals surface area (Å²) in [6.45, 7) is 0.116. The molecule has 0 saturated heterocycles. The van der Waals surface area contributed by atoms with Crippen molar-refractivity contribution in [1.82, 2.24) is 0 Å². The van der Waals surface area contributed by atoms with Gasteiger partial charge in [0.05, 0.1) is 5.56 Å². The van der Waals surface area contributed by atoms with Crippen molar-refractivity contribution in [3.8, 4) is 11.8 Å². The second-order valence-electron chi connectivity index (χ2n) is 7.52. The highest BCUT2D eigenvalue weighted by Gasteiger charge is 2.54. The molecule has 4 fully saturated rings. The van der Waals surface area contributed by atoms with Gasteiger partial charge >= 0.3 is 0 Å². The van der Waals surface area contributed by atoms with Crippen molar-refractivity contribution in [2.24, 2.45) is 23.2 Å². The van der Waals surface area contributed by atoms with Gasteiger partial charge in [-0.1, -0.05) is 12.1 Å². The van der Waals surface area contributed by atoms with E-state index >= 15 is 0 Å². The third kappa shape index (κ3) is 2.22. The summed E-state index contributed by atoms with van der Waals surface area (Å²) < 4.78 is 5.71. The first-order valence-corrected chi connectivity index (χ1v) is 8.34. The Balaban J connectivity index is 1.48. The summed E-state index contributed by atoms with van der Waals surface area (Å²) in [5.41, 5.74) is 0.386. The Morgan fingerprint density at radius 1 is 1.14 bits per heavy atom. The predicted octanol–water partition coefficient (Wildman–Crippen LogP) is 3.72. The smallest absolute Gasteiger partial charge is 0.176 e. The molecule has 22 heavy (non-hydrogen) atoms. The number of nitrogens with zero attached hydrogens (tertiary/aromatic N) is 1. The first-order valence-electron chi connectivity index (χ1n) is 8.34. The molecule has 0 N–H and O–H groups in total. The van der Waals surface area contributed by atoms with Crippen LogP contribution >= 0.6 is 0 Å². The molecule has 0 aliphatic heterocycles. The Hall–Kier alpha value is -1.82. The molecular weight excluding hydrogens is 274 g/mol. The molecule has 3 heteroatoms. The van der Waals surface area contributed by atoms with Gasteiger partial charge in [-0.2, -0.15) is 5.26 Å². The van der Waals surface area contributed by atoms with Gasteiger partial charge in [-0.15, -0.1) is 0 Å². The number of ketones is 1. The molecule has 0 spiro atoms. The largest absolute Gasteiger partial charge is 0.484 e. The van der Waals surface area contributed by atoms with Crippen molar-refractivity contribution in [2.45, 2.75) is 38.5 Å². The number of nitriles is 1. The molecule has 0 aromatic heterocycles. The highest BCUT2D eigenvalue weighted by Crippen LogP contribution is 2.60. The summed E-state index contributed by atoms with van der Waals surface area (Å²) in [6.07, 6.45) is 7.23. The number of hydrogen-bond donors (Lipinski definition) is 0. The standard InChI is InChI=1S/C19H21NO2/c20-11-16-3-1-2-4-17(16)22-12-18(21)19-8-13-5-14(9-19)7-15(6-13)10-19/h1-4,13-15H,5-10,12H2. The number of carbonyl (C=O) groups is 1. The first kappa shape index (κ1) is 13.8. The molecule has 114 valence electrons. The van der Waals surface area contributed by atoms with Crippen molar-refractivity contribution in [2.75, 3.05) is 6.61 Å². The summed E-state index contributed by atoms with van der Waals surface area (Å²) in [5.74, 6) is 3.09. The lowest BCUT2D eigenvalue weighted by atomic mass is 9.48. The monoisotopic (exact) mass is 295 g/mol. The van der Waals surface area contributed by atoms with Crippen LogP contribution in [0, 0.1) is 34.5 Å². The normalized spacial score (nSPS) is 35.1. The average molecular weight is 295 g/mol. The van der Waals surface area contributed by atoms with E-state index in [1.807, 2.05) is 12.1 Å². The Labute approximate surface area is 131 Å². The van der Waals surface area contributed by atoms with Gasteiger partial charge < -0.3 is 4.74 Å². The lowest BCUT2D eigenvalue weighted by molar-refractivity contribution is -0.145. The van der Waals surface area contributed by atoms with Crippen molar-refractivity contribution >= 4 is 5.78 Å². The van der Waals surface area contributed by atoms with Crippen LogP contribution in [0.25, 0.3) is 0 Å². The van der Waals surface area contributed by atoms with Gasteiger partial charge in [-0.05, 0) is 68.4 Å². The number of carbonyl (C=O) groups excluding carboxylic acids is 1. The number of Topliss-reactive ketones (excluding diaryl/α,β-unsaturated/α-hetero) is 1. The van der Waals surface area contributed by atoms with Crippen LogP contribution in [0.15, 0.2) is 24.3 Å².